The lowest BCUT2D eigenvalue weighted by Gasteiger charge is -1.83. The highest BCUT2D eigenvalue weighted by molar-refractivity contribution is 7.45. The number of aliphatic hydroxyl groups is 1. The van der Waals surface area contributed by atoms with E-state index in [1.165, 1.54) is 12.5 Å². The Morgan fingerprint density at radius 1 is 1.29 bits per heavy atom. The number of hydrogen-bond acceptors (Lipinski definition) is 4. The molecule has 0 heterocycles. The van der Waals surface area contributed by atoms with E-state index in [1.54, 1.807) is 0 Å². The van der Waals surface area contributed by atoms with E-state index in [0.29, 0.717) is 0 Å². The van der Waals surface area contributed by atoms with E-state index in [9.17, 15) is 4.79 Å². The molecule has 0 atom stereocenters. The first-order valence-electron chi connectivity index (χ1n) is 3.63. The molecule has 7 nitrogen and oxygen atoms in total. The van der Waals surface area contributed by atoms with E-state index >= 15 is 0 Å². The molecule has 17 heavy (non-hydrogen) atoms. The van der Waals surface area contributed by atoms with Crippen LogP contribution in [0.1, 0.15) is 6.92 Å². The van der Waals surface area contributed by atoms with Crippen molar-refractivity contribution in [1.82, 2.24) is 0 Å². The van der Waals surface area contributed by atoms with Crippen LogP contribution in [0.4, 0.5) is 0 Å². The molecule has 0 aliphatic heterocycles. The van der Waals surface area contributed by atoms with Crippen LogP contribution < -0.4 is 0 Å². The first-order valence-corrected chi connectivity index (χ1v) is 5.63. The van der Waals surface area contributed by atoms with Gasteiger partial charge in [0.25, 0.3) is 0 Å². The van der Waals surface area contributed by atoms with Crippen LogP contribution in [-0.4, -0.2) is 25.8 Å². The molecule has 0 rings (SSSR count). The van der Waals surface area contributed by atoms with Crippen LogP contribution >= 0.6 is 19.4 Å². The number of aliphatic hydroxyl groups excluding tert-OH is 1. The van der Waals surface area contributed by atoms with Crippen molar-refractivity contribution in [2.75, 3.05) is 0 Å². The lowest BCUT2D eigenvalue weighted by molar-refractivity contribution is -0.135. The van der Waals surface area contributed by atoms with Crippen LogP contribution in [0.5, 0.6) is 0 Å². The van der Waals surface area contributed by atoms with Crippen molar-refractivity contribution < 1.29 is 33.9 Å². The summed E-state index contributed by atoms with van der Waals surface area (Å²) in [7, 11) is -4.64. The predicted octanol–water partition coefficient (Wildman–Crippen LogP) is 1.82. The molecule has 0 fully saturated rings. The molecule has 0 bridgehead atoms. The molecule has 0 aromatic rings. The van der Waals surface area contributed by atoms with Crippen molar-refractivity contribution in [2.24, 2.45) is 0 Å². The SMILES string of the molecule is C=CCl.C=CO.C=COC(C)=O.O=P(O)(O)O. The molecular formula is C8H16ClO7P. The Morgan fingerprint density at radius 2 is 1.47 bits per heavy atom. The van der Waals surface area contributed by atoms with Crippen LogP contribution in [0.15, 0.2) is 37.8 Å². The summed E-state index contributed by atoms with van der Waals surface area (Å²) in [6, 6.07) is 0. The van der Waals surface area contributed by atoms with E-state index < -0.39 is 7.82 Å². The van der Waals surface area contributed by atoms with Gasteiger partial charge in [-0.25, -0.2) is 4.57 Å². The maximum Gasteiger partial charge on any atom is 0.466 e. The zero-order valence-electron chi connectivity index (χ0n) is 9.19. The number of ether oxygens (including phenoxy) is 1. The third-order valence-corrected chi connectivity index (χ3v) is 0.249. The molecule has 102 valence electrons. The fraction of sp³-hybridized carbons (Fsp3) is 0.125. The van der Waals surface area contributed by atoms with Gasteiger partial charge >= 0.3 is 13.8 Å². The third-order valence-electron chi connectivity index (χ3n) is 0.249. The average molecular weight is 291 g/mol. The summed E-state index contributed by atoms with van der Waals surface area (Å²) in [6.07, 6.45) is 1.85. The Morgan fingerprint density at radius 3 is 1.47 bits per heavy atom. The summed E-state index contributed by atoms with van der Waals surface area (Å²) in [5.41, 5.74) is 1.22. The number of carbonyl (C=O) groups excluding carboxylic acids is 1. The van der Waals surface area contributed by atoms with Gasteiger partial charge in [0, 0.05) is 6.92 Å². The Hall–Kier alpha value is -1.11. The van der Waals surface area contributed by atoms with E-state index in [-0.39, 0.29) is 5.97 Å². The van der Waals surface area contributed by atoms with Crippen LogP contribution in [0, 0.1) is 0 Å². The maximum atomic E-state index is 9.75. The lowest BCUT2D eigenvalue weighted by Crippen LogP contribution is -1.87. The van der Waals surface area contributed by atoms with Gasteiger partial charge in [0.2, 0.25) is 0 Å². The van der Waals surface area contributed by atoms with Gasteiger partial charge in [-0.15, -0.1) is 0 Å². The Bertz CT molecular complexity index is 234. The van der Waals surface area contributed by atoms with Gasteiger partial charge in [0.1, 0.15) is 0 Å². The molecule has 0 aliphatic carbocycles. The van der Waals surface area contributed by atoms with Crippen molar-refractivity contribution in [3.05, 3.63) is 37.8 Å². The first-order chi connectivity index (χ1) is 7.60. The number of halogens is 1. The van der Waals surface area contributed by atoms with Gasteiger partial charge < -0.3 is 24.5 Å². The van der Waals surface area contributed by atoms with Gasteiger partial charge in [-0.3, -0.25) is 4.79 Å². The van der Waals surface area contributed by atoms with Crippen molar-refractivity contribution in [3.63, 3.8) is 0 Å². The first kappa shape index (κ1) is 24.9. The summed E-state index contributed by atoms with van der Waals surface area (Å²) in [4.78, 5) is 31.3. The molecule has 4 N–H and O–H groups in total. The van der Waals surface area contributed by atoms with E-state index in [1.807, 2.05) is 0 Å². The summed E-state index contributed by atoms with van der Waals surface area (Å²) >= 11 is 4.76. The van der Waals surface area contributed by atoms with Crippen LogP contribution in [0.3, 0.4) is 0 Å². The van der Waals surface area contributed by atoms with Gasteiger partial charge in [-0.2, -0.15) is 0 Å². The second kappa shape index (κ2) is 20.3. The van der Waals surface area contributed by atoms with Crippen LogP contribution in [-0.2, 0) is 14.1 Å². The second-order valence-corrected chi connectivity index (χ2v) is 2.96. The zero-order chi connectivity index (χ0) is 14.9. The highest BCUT2D eigenvalue weighted by atomic mass is 35.5. The summed E-state index contributed by atoms with van der Waals surface area (Å²) in [5.74, 6) is -0.329. The molecule has 0 aliphatic rings. The van der Waals surface area contributed by atoms with Crippen LogP contribution in [0.2, 0.25) is 0 Å². The Kier molecular flexibility index (Phi) is 29.8. The molecular weight excluding hydrogens is 275 g/mol. The summed E-state index contributed by atoms with van der Waals surface area (Å²) in [6.45, 7) is 10.5. The van der Waals surface area contributed by atoms with Gasteiger partial charge in [0.15, 0.2) is 0 Å². The minimum atomic E-state index is -4.64. The van der Waals surface area contributed by atoms with Gasteiger partial charge in [0.05, 0.1) is 12.5 Å². The van der Waals surface area contributed by atoms with Gasteiger partial charge in [-0.05, 0) is 5.54 Å². The Labute approximate surface area is 105 Å². The number of rotatable bonds is 1. The predicted molar refractivity (Wildman–Crippen MR) is 65.1 cm³/mol. The van der Waals surface area contributed by atoms with E-state index in [4.69, 9.17) is 36.0 Å². The minimum absolute atomic E-state index is 0.329. The third kappa shape index (κ3) is 693. The fourth-order valence-corrected chi connectivity index (χ4v) is 0.117. The fourth-order valence-electron chi connectivity index (χ4n) is 0.117. The molecule has 9 heteroatoms. The summed E-state index contributed by atoms with van der Waals surface area (Å²) in [5, 5.41) is 7.33. The molecule has 0 spiro atoms. The molecule has 0 saturated carbocycles. The smallest absolute Gasteiger partial charge is 0.466 e. The topological polar surface area (TPSA) is 124 Å². The average Bonchev–Trinajstić information content (AvgIpc) is 2.02. The van der Waals surface area contributed by atoms with Crippen molar-refractivity contribution in [2.45, 2.75) is 6.92 Å². The van der Waals surface area contributed by atoms with Gasteiger partial charge in [-0.1, -0.05) is 31.3 Å². The maximum absolute atomic E-state index is 9.75. The zero-order valence-corrected chi connectivity index (χ0v) is 10.8. The van der Waals surface area contributed by atoms with Crippen LogP contribution in [0.25, 0.3) is 0 Å². The normalized spacial score (nSPS) is 7.35. The number of esters is 1. The van der Waals surface area contributed by atoms with E-state index in [2.05, 4.69) is 24.5 Å². The quantitative estimate of drug-likeness (QED) is 0.330. The van der Waals surface area contributed by atoms with E-state index in [0.717, 1.165) is 12.5 Å². The van der Waals surface area contributed by atoms with Crippen molar-refractivity contribution in [1.29, 1.82) is 0 Å². The highest BCUT2D eigenvalue weighted by Gasteiger charge is 2.00. The number of phosphoric acid groups is 1. The minimum Gasteiger partial charge on any atom is -0.516 e. The summed E-state index contributed by atoms with van der Waals surface area (Å²) < 4.78 is 13.0. The Balaban J connectivity index is -0.0000000698. The number of hydrogen-bond donors (Lipinski definition) is 4. The monoisotopic (exact) mass is 290 g/mol. The molecule has 0 aromatic heterocycles. The molecule has 0 radical (unpaired) electrons. The highest BCUT2D eigenvalue weighted by Crippen LogP contribution is 2.25. The second-order valence-electron chi connectivity index (χ2n) is 1.63. The van der Waals surface area contributed by atoms with Crippen molar-refractivity contribution in [3.8, 4) is 0 Å². The largest absolute Gasteiger partial charge is 0.516 e. The molecule has 0 unspecified atom stereocenters. The molecule has 0 aromatic carbocycles. The number of carbonyl (C=O) groups is 1. The van der Waals surface area contributed by atoms with Crippen molar-refractivity contribution >= 4 is 25.4 Å². The molecule has 0 saturated heterocycles. The molecule has 0 amide bonds. The standard InChI is InChI=1S/C4H6O2.C2H3Cl.C2H4O.H3O4P/c1-3-6-4(2)5;2*1-2-3;1-5(2,3)4/h3H,1H2,2H3;2H,1H2;2-3H,1H2;(H3,1,2,3,4). The lowest BCUT2D eigenvalue weighted by atomic mass is 10.8.